The first-order valence-electron chi connectivity index (χ1n) is 11.8. The van der Waals surface area contributed by atoms with Crippen LogP contribution >= 0.6 is 11.6 Å². The highest BCUT2D eigenvalue weighted by atomic mass is 35.5. The fourth-order valence-corrected chi connectivity index (χ4v) is 5.15. The summed E-state index contributed by atoms with van der Waals surface area (Å²) < 4.78 is 67.0. The molecule has 4 aromatic rings. The van der Waals surface area contributed by atoms with Gasteiger partial charge in [-0.25, -0.2) is 18.3 Å². The number of carboxylic acids is 1. The maximum Gasteiger partial charge on any atom is 0.417 e. The van der Waals surface area contributed by atoms with Gasteiger partial charge in [0.15, 0.2) is 9.84 Å². The molecule has 1 heterocycles. The molecule has 4 rings (SSSR count). The van der Waals surface area contributed by atoms with Gasteiger partial charge in [-0.15, -0.1) is 5.10 Å². The lowest BCUT2D eigenvalue weighted by molar-refractivity contribution is -0.137. The van der Waals surface area contributed by atoms with E-state index in [0.29, 0.717) is 0 Å². The second-order valence-electron chi connectivity index (χ2n) is 8.98. The topological polar surface area (TPSA) is 137 Å². The van der Waals surface area contributed by atoms with Gasteiger partial charge in [-0.2, -0.15) is 18.2 Å². The van der Waals surface area contributed by atoms with Crippen molar-refractivity contribution in [3.8, 4) is 11.1 Å². The first-order chi connectivity index (χ1) is 18.8. The van der Waals surface area contributed by atoms with Gasteiger partial charge in [0.1, 0.15) is 0 Å². The predicted octanol–water partition coefficient (Wildman–Crippen LogP) is 6.38. The van der Waals surface area contributed by atoms with Gasteiger partial charge in [0.25, 0.3) is 0 Å². The lowest BCUT2D eigenvalue weighted by Crippen LogP contribution is -2.13. The molecule has 0 saturated carbocycles. The lowest BCUT2D eigenvalue weighted by Gasteiger charge is -2.17. The van der Waals surface area contributed by atoms with Crippen molar-refractivity contribution in [3.63, 3.8) is 0 Å². The smallest absolute Gasteiger partial charge is 0.417 e. The van der Waals surface area contributed by atoms with Crippen molar-refractivity contribution >= 4 is 45.0 Å². The number of H-pyrrole nitrogens is 1. The number of sulfone groups is 1. The normalized spacial score (nSPS) is 12.0. The molecule has 0 fully saturated rings. The van der Waals surface area contributed by atoms with Gasteiger partial charge in [0.05, 0.1) is 26.3 Å². The molecular formula is C26H23ClF3N5O4S. The lowest BCUT2D eigenvalue weighted by atomic mass is 9.98. The minimum Gasteiger partial charge on any atom is -0.478 e. The van der Waals surface area contributed by atoms with Gasteiger partial charge in [-0.05, 0) is 61.4 Å². The molecule has 210 valence electrons. The molecule has 0 aliphatic carbocycles. The summed E-state index contributed by atoms with van der Waals surface area (Å²) in [5.41, 5.74) is -0.309. The minimum absolute atomic E-state index is 0.00114. The maximum atomic E-state index is 14.1. The number of alkyl halides is 3. The molecule has 0 aliphatic heterocycles. The molecule has 0 amide bonds. The van der Waals surface area contributed by atoms with Crippen LogP contribution in [0.25, 0.3) is 11.1 Å². The van der Waals surface area contributed by atoms with Gasteiger partial charge in [-0.3, -0.25) is 0 Å². The monoisotopic (exact) mass is 593 g/mol. The van der Waals surface area contributed by atoms with Crippen LogP contribution in [-0.2, 0) is 22.6 Å². The third-order valence-corrected chi connectivity index (χ3v) is 8.36. The maximum absolute atomic E-state index is 14.1. The number of aromatic carboxylic acids is 1. The standard InChI is InChI=1S/C26H23ClF3N5O4S/c1-14(2)40(38,39)19-9-7-16(8-10-19)22-20(26(28,29)30)11-18(12-21(22)27)32-25-33-24(34-35-25)31-13-15-3-5-17(6-4-15)23(36)37/h3-12,14H,13H2,1-2H3,(H,36,37)(H3,31,32,33,34,35). The van der Waals surface area contributed by atoms with Crippen LogP contribution in [0.2, 0.25) is 5.02 Å². The van der Waals surface area contributed by atoms with E-state index in [0.717, 1.165) is 11.6 Å². The van der Waals surface area contributed by atoms with Crippen molar-refractivity contribution in [1.29, 1.82) is 0 Å². The van der Waals surface area contributed by atoms with Crippen molar-refractivity contribution in [1.82, 2.24) is 15.2 Å². The van der Waals surface area contributed by atoms with Crippen LogP contribution in [0, 0.1) is 0 Å². The van der Waals surface area contributed by atoms with E-state index in [-0.39, 0.29) is 50.7 Å². The number of aromatic amines is 1. The Morgan fingerprint density at radius 1 is 1.07 bits per heavy atom. The van der Waals surface area contributed by atoms with Gasteiger partial charge in [-0.1, -0.05) is 35.9 Å². The van der Waals surface area contributed by atoms with Gasteiger partial charge in [0.2, 0.25) is 11.9 Å². The van der Waals surface area contributed by atoms with Crippen LogP contribution < -0.4 is 10.6 Å². The number of benzene rings is 3. The third-order valence-electron chi connectivity index (χ3n) is 5.89. The number of hydrogen-bond donors (Lipinski definition) is 4. The summed E-state index contributed by atoms with van der Waals surface area (Å²) >= 11 is 6.32. The van der Waals surface area contributed by atoms with Crippen molar-refractivity contribution in [2.75, 3.05) is 10.6 Å². The van der Waals surface area contributed by atoms with E-state index in [1.807, 2.05) is 0 Å². The van der Waals surface area contributed by atoms with E-state index in [4.69, 9.17) is 16.7 Å². The molecule has 0 aliphatic rings. The molecule has 0 atom stereocenters. The summed E-state index contributed by atoms with van der Waals surface area (Å²) in [6.07, 6.45) is -4.77. The average Bonchev–Trinajstić information content (AvgIpc) is 3.34. The van der Waals surface area contributed by atoms with E-state index in [1.54, 1.807) is 12.1 Å². The average molecular weight is 594 g/mol. The van der Waals surface area contributed by atoms with E-state index in [9.17, 15) is 26.4 Å². The molecule has 0 spiro atoms. The number of carbonyl (C=O) groups is 1. The Morgan fingerprint density at radius 2 is 1.73 bits per heavy atom. The first kappa shape index (κ1) is 28.9. The van der Waals surface area contributed by atoms with Gasteiger partial charge >= 0.3 is 12.1 Å². The first-order valence-corrected chi connectivity index (χ1v) is 13.7. The number of rotatable bonds is 9. The summed E-state index contributed by atoms with van der Waals surface area (Å²) in [7, 11) is -3.60. The Hall–Kier alpha value is -4.10. The molecule has 0 bridgehead atoms. The van der Waals surface area contributed by atoms with Crippen LogP contribution in [0.4, 0.5) is 30.8 Å². The number of aromatic nitrogens is 3. The number of nitrogens with one attached hydrogen (secondary N) is 3. The molecular weight excluding hydrogens is 571 g/mol. The molecule has 3 aromatic carbocycles. The van der Waals surface area contributed by atoms with E-state index >= 15 is 0 Å². The van der Waals surface area contributed by atoms with Crippen molar-refractivity contribution < 1.29 is 31.5 Å². The molecule has 14 heteroatoms. The van der Waals surface area contributed by atoms with Crippen LogP contribution in [0.5, 0.6) is 0 Å². The molecule has 0 saturated heterocycles. The summed E-state index contributed by atoms with van der Waals surface area (Å²) in [5, 5.41) is 20.3. The third kappa shape index (κ3) is 6.37. The largest absolute Gasteiger partial charge is 0.478 e. The number of anilines is 3. The Bertz CT molecular complexity index is 1640. The second kappa shape index (κ2) is 11.2. The highest BCUT2D eigenvalue weighted by molar-refractivity contribution is 7.92. The Balaban J connectivity index is 1.55. The van der Waals surface area contributed by atoms with Gasteiger partial charge < -0.3 is 15.7 Å². The fraction of sp³-hybridized carbons (Fsp3) is 0.192. The molecule has 1 aromatic heterocycles. The Labute approximate surface area is 232 Å². The van der Waals surface area contributed by atoms with Crippen LogP contribution in [0.3, 0.4) is 0 Å². The molecule has 4 N–H and O–H groups in total. The van der Waals surface area contributed by atoms with Crippen molar-refractivity contribution in [2.24, 2.45) is 0 Å². The molecule has 9 nitrogen and oxygen atoms in total. The summed E-state index contributed by atoms with van der Waals surface area (Å²) in [6.45, 7) is 3.30. The zero-order chi connectivity index (χ0) is 29.2. The minimum atomic E-state index is -4.77. The number of nitrogens with zero attached hydrogens (tertiary/aromatic N) is 2. The van der Waals surface area contributed by atoms with Crippen LogP contribution in [-0.4, -0.2) is 39.9 Å². The van der Waals surface area contributed by atoms with Gasteiger partial charge in [0, 0.05) is 17.8 Å². The Kier molecular flexibility index (Phi) is 8.08. The molecule has 0 unspecified atom stereocenters. The zero-order valence-corrected chi connectivity index (χ0v) is 22.6. The molecule has 40 heavy (non-hydrogen) atoms. The second-order valence-corrected chi connectivity index (χ2v) is 11.9. The van der Waals surface area contributed by atoms with Crippen molar-refractivity contribution in [2.45, 2.75) is 36.7 Å². The predicted molar refractivity (Wildman–Crippen MR) is 145 cm³/mol. The van der Waals surface area contributed by atoms with Crippen LogP contribution in [0.1, 0.15) is 35.3 Å². The van der Waals surface area contributed by atoms with E-state index < -0.39 is 32.8 Å². The number of hydrogen-bond acceptors (Lipinski definition) is 7. The number of halogens is 4. The fourth-order valence-electron chi connectivity index (χ4n) is 3.76. The zero-order valence-electron chi connectivity index (χ0n) is 21.0. The molecule has 0 radical (unpaired) electrons. The highest BCUT2D eigenvalue weighted by Gasteiger charge is 2.35. The Morgan fingerprint density at radius 3 is 2.30 bits per heavy atom. The summed E-state index contributed by atoms with van der Waals surface area (Å²) in [6, 6.07) is 13.4. The highest BCUT2D eigenvalue weighted by Crippen LogP contribution is 2.43. The number of carboxylic acid groups (broad SMARTS) is 1. The quantitative estimate of drug-likeness (QED) is 0.175. The summed E-state index contributed by atoms with van der Waals surface area (Å²) in [4.78, 5) is 15.1. The van der Waals surface area contributed by atoms with Crippen molar-refractivity contribution in [3.05, 3.63) is 82.4 Å². The summed E-state index contributed by atoms with van der Waals surface area (Å²) in [5.74, 6) is -0.843. The SMILES string of the molecule is CC(C)S(=O)(=O)c1ccc(-c2c(Cl)cc(Nc3nc(NCc4ccc(C(=O)O)cc4)n[nH]3)cc2C(F)(F)F)cc1. The van der Waals surface area contributed by atoms with E-state index in [1.165, 1.54) is 56.3 Å². The van der Waals surface area contributed by atoms with E-state index in [2.05, 4.69) is 25.8 Å². The van der Waals surface area contributed by atoms with Crippen LogP contribution in [0.15, 0.2) is 65.6 Å².